The fourth-order valence-electron chi connectivity index (χ4n) is 2.13. The third-order valence-electron chi connectivity index (χ3n) is 3.09. The van der Waals surface area contributed by atoms with E-state index in [-0.39, 0.29) is 11.4 Å². The molecule has 94 valence electrons. The Balaban J connectivity index is 2.12. The number of hydrogen-bond acceptors (Lipinski definition) is 1. The summed E-state index contributed by atoms with van der Waals surface area (Å²) in [7, 11) is 0. The van der Waals surface area contributed by atoms with Gasteiger partial charge in [-0.3, -0.25) is 0 Å². The van der Waals surface area contributed by atoms with E-state index < -0.39 is 5.97 Å². The Morgan fingerprint density at radius 1 is 1.05 bits per heavy atom. The molecule has 0 saturated carbocycles. The fraction of sp³-hybridized carbons (Fsp3) is 0. The predicted molar refractivity (Wildman–Crippen MR) is 70.7 cm³/mol. The normalized spacial score (nSPS) is 10.8. The number of H-pyrrole nitrogens is 1. The number of aromatic amines is 1. The molecule has 0 atom stereocenters. The monoisotopic (exact) mass is 255 g/mol. The molecule has 0 radical (unpaired) electrons. The van der Waals surface area contributed by atoms with E-state index in [1.54, 1.807) is 18.2 Å². The summed E-state index contributed by atoms with van der Waals surface area (Å²) in [6, 6.07) is 11.6. The number of nitrogens with one attached hydrogen (secondary N) is 1. The topological polar surface area (TPSA) is 53.1 Å². The lowest BCUT2D eigenvalue weighted by atomic mass is 10.0. The predicted octanol–water partition coefficient (Wildman–Crippen LogP) is 3.67. The van der Waals surface area contributed by atoms with E-state index in [1.165, 1.54) is 18.3 Å². The lowest BCUT2D eigenvalue weighted by Gasteiger charge is -2.02. The smallest absolute Gasteiger partial charge is 0.337 e. The summed E-state index contributed by atoms with van der Waals surface area (Å²) in [4.78, 5) is 13.9. The van der Waals surface area contributed by atoms with Crippen molar-refractivity contribution in [3.8, 4) is 11.1 Å². The molecule has 4 heteroatoms. The molecule has 19 heavy (non-hydrogen) atoms. The first kappa shape index (κ1) is 11.5. The molecule has 2 aromatic carbocycles. The van der Waals surface area contributed by atoms with Crippen molar-refractivity contribution in [2.75, 3.05) is 0 Å². The van der Waals surface area contributed by atoms with Crippen LogP contribution in [0.1, 0.15) is 10.4 Å². The first-order chi connectivity index (χ1) is 9.15. The summed E-state index contributed by atoms with van der Waals surface area (Å²) in [6.07, 6.45) is 1.47. The van der Waals surface area contributed by atoms with Gasteiger partial charge in [-0.2, -0.15) is 0 Å². The maximum Gasteiger partial charge on any atom is 0.337 e. The minimum Gasteiger partial charge on any atom is -0.478 e. The maximum absolute atomic E-state index is 12.9. The minimum absolute atomic E-state index is 0.251. The van der Waals surface area contributed by atoms with Crippen LogP contribution in [-0.2, 0) is 0 Å². The number of benzene rings is 2. The van der Waals surface area contributed by atoms with Gasteiger partial charge in [0.2, 0.25) is 0 Å². The molecule has 0 bridgehead atoms. The molecule has 0 saturated heterocycles. The summed E-state index contributed by atoms with van der Waals surface area (Å²) in [5, 5.41) is 9.69. The zero-order valence-corrected chi connectivity index (χ0v) is 9.85. The molecule has 0 aliphatic heterocycles. The molecule has 0 aliphatic carbocycles. The average Bonchev–Trinajstić information content (AvgIpc) is 2.82. The Labute approximate surface area is 108 Å². The zero-order valence-electron chi connectivity index (χ0n) is 9.85. The van der Waals surface area contributed by atoms with E-state index >= 15 is 0 Å². The van der Waals surface area contributed by atoms with Crippen molar-refractivity contribution in [3.63, 3.8) is 0 Å². The molecular weight excluding hydrogens is 245 g/mol. The number of carboxylic acids is 1. The van der Waals surface area contributed by atoms with Crippen LogP contribution >= 0.6 is 0 Å². The van der Waals surface area contributed by atoms with Crippen molar-refractivity contribution in [3.05, 3.63) is 60.0 Å². The van der Waals surface area contributed by atoms with Gasteiger partial charge in [-0.25, -0.2) is 9.18 Å². The van der Waals surface area contributed by atoms with Crippen molar-refractivity contribution in [2.45, 2.75) is 0 Å². The number of aromatic carboxylic acids is 1. The van der Waals surface area contributed by atoms with Crippen molar-refractivity contribution in [2.24, 2.45) is 0 Å². The molecule has 1 heterocycles. The van der Waals surface area contributed by atoms with Gasteiger partial charge in [0.25, 0.3) is 0 Å². The minimum atomic E-state index is -0.958. The van der Waals surface area contributed by atoms with Gasteiger partial charge in [-0.05, 0) is 29.3 Å². The molecular formula is C15H10FNO2. The van der Waals surface area contributed by atoms with Crippen LogP contribution in [0.15, 0.2) is 48.7 Å². The molecule has 3 rings (SSSR count). The van der Waals surface area contributed by atoms with Gasteiger partial charge in [0.15, 0.2) is 0 Å². The number of carboxylic acid groups (broad SMARTS) is 1. The Morgan fingerprint density at radius 2 is 1.74 bits per heavy atom. The third-order valence-corrected chi connectivity index (χ3v) is 3.09. The molecule has 3 aromatic rings. The van der Waals surface area contributed by atoms with E-state index in [2.05, 4.69) is 4.98 Å². The van der Waals surface area contributed by atoms with E-state index in [1.807, 2.05) is 12.1 Å². The van der Waals surface area contributed by atoms with E-state index in [0.717, 1.165) is 16.6 Å². The fourth-order valence-corrected chi connectivity index (χ4v) is 2.13. The van der Waals surface area contributed by atoms with E-state index in [9.17, 15) is 9.18 Å². The molecule has 0 spiro atoms. The highest BCUT2D eigenvalue weighted by Gasteiger charge is 2.10. The molecule has 1 aromatic heterocycles. The van der Waals surface area contributed by atoms with Crippen LogP contribution in [0, 0.1) is 5.82 Å². The van der Waals surface area contributed by atoms with Gasteiger partial charge in [0, 0.05) is 17.1 Å². The van der Waals surface area contributed by atoms with Gasteiger partial charge in [0.05, 0.1) is 5.56 Å². The number of carbonyl (C=O) groups is 1. The Kier molecular flexibility index (Phi) is 2.56. The summed E-state index contributed by atoms with van der Waals surface area (Å²) >= 11 is 0. The lowest BCUT2D eigenvalue weighted by Crippen LogP contribution is -1.93. The molecule has 0 aliphatic rings. The highest BCUT2D eigenvalue weighted by atomic mass is 19.1. The highest BCUT2D eigenvalue weighted by Crippen LogP contribution is 2.26. The number of halogens is 1. The van der Waals surface area contributed by atoms with Crippen LogP contribution in [-0.4, -0.2) is 16.1 Å². The number of fused-ring (bicyclic) bond motifs is 1. The molecule has 0 unspecified atom stereocenters. The molecule has 3 nitrogen and oxygen atoms in total. The zero-order chi connectivity index (χ0) is 13.4. The standard InChI is InChI=1S/C15H10FNO2/c16-11-4-1-9(2-5-11)10-3-6-12-13(15(18)19)8-17-14(12)7-10/h1-8,17H,(H,18,19). The number of hydrogen-bond donors (Lipinski definition) is 2. The average molecular weight is 255 g/mol. The second-order valence-electron chi connectivity index (χ2n) is 4.27. The number of aromatic nitrogens is 1. The van der Waals surface area contributed by atoms with Gasteiger partial charge >= 0.3 is 5.97 Å². The molecule has 0 fully saturated rings. The van der Waals surface area contributed by atoms with E-state index in [0.29, 0.717) is 5.39 Å². The summed E-state index contributed by atoms with van der Waals surface area (Å²) in [5.74, 6) is -1.24. The Hall–Kier alpha value is -2.62. The summed E-state index contributed by atoms with van der Waals surface area (Å²) in [5.41, 5.74) is 2.79. The maximum atomic E-state index is 12.9. The largest absolute Gasteiger partial charge is 0.478 e. The van der Waals surface area contributed by atoms with Crippen LogP contribution < -0.4 is 0 Å². The Bertz CT molecular complexity index is 759. The van der Waals surface area contributed by atoms with Crippen LogP contribution in [0.25, 0.3) is 22.0 Å². The third kappa shape index (κ3) is 1.97. The first-order valence-electron chi connectivity index (χ1n) is 5.75. The number of rotatable bonds is 2. The molecule has 0 amide bonds. The van der Waals surface area contributed by atoms with Gasteiger partial charge in [-0.15, -0.1) is 0 Å². The highest BCUT2D eigenvalue weighted by molar-refractivity contribution is 6.04. The SMILES string of the molecule is O=C(O)c1c[nH]c2cc(-c3ccc(F)cc3)ccc12. The van der Waals surface area contributed by atoms with E-state index in [4.69, 9.17) is 5.11 Å². The van der Waals surface area contributed by atoms with Crippen molar-refractivity contribution >= 4 is 16.9 Å². The van der Waals surface area contributed by atoms with Gasteiger partial charge in [0.1, 0.15) is 5.82 Å². The summed E-state index contributed by atoms with van der Waals surface area (Å²) < 4.78 is 12.9. The van der Waals surface area contributed by atoms with Gasteiger partial charge < -0.3 is 10.1 Å². The van der Waals surface area contributed by atoms with Crippen molar-refractivity contribution in [1.29, 1.82) is 0 Å². The first-order valence-corrected chi connectivity index (χ1v) is 5.75. The summed E-state index contributed by atoms with van der Waals surface area (Å²) in [6.45, 7) is 0. The molecule has 2 N–H and O–H groups in total. The van der Waals surface area contributed by atoms with Crippen molar-refractivity contribution < 1.29 is 14.3 Å². The lowest BCUT2D eigenvalue weighted by molar-refractivity contribution is 0.0699. The van der Waals surface area contributed by atoms with Crippen LogP contribution in [0.4, 0.5) is 4.39 Å². The Morgan fingerprint density at radius 3 is 2.42 bits per heavy atom. The van der Waals surface area contributed by atoms with Crippen LogP contribution in [0.2, 0.25) is 0 Å². The van der Waals surface area contributed by atoms with Crippen molar-refractivity contribution in [1.82, 2.24) is 4.98 Å². The second kappa shape index (κ2) is 4.24. The van der Waals surface area contributed by atoms with Gasteiger partial charge in [-0.1, -0.05) is 24.3 Å². The van der Waals surface area contributed by atoms with Crippen LogP contribution in [0.5, 0.6) is 0 Å². The quantitative estimate of drug-likeness (QED) is 0.734. The second-order valence-corrected chi connectivity index (χ2v) is 4.27. The van der Waals surface area contributed by atoms with Crippen LogP contribution in [0.3, 0.4) is 0 Å².